The molecule has 5 N–H and O–H groups in total. The molecule has 6 nitrogen and oxygen atoms in total. The molecule has 1 heterocycles. The highest BCUT2D eigenvalue weighted by Gasteiger charge is 2.44. The van der Waals surface area contributed by atoms with Gasteiger partial charge in [-0.05, 0) is 41.7 Å². The number of hydrogen-bond acceptors (Lipinski definition) is 5. The van der Waals surface area contributed by atoms with E-state index in [2.05, 4.69) is 11.1 Å². The molecule has 136 valence electrons. The van der Waals surface area contributed by atoms with Crippen LogP contribution in [0.25, 0.3) is 5.70 Å². The maximum Gasteiger partial charge on any atom is 0.307 e. The second-order valence-electron chi connectivity index (χ2n) is 6.40. The van der Waals surface area contributed by atoms with Crippen LogP contribution in [0.5, 0.6) is 5.75 Å². The number of rotatable bonds is 8. The van der Waals surface area contributed by atoms with E-state index in [1.165, 1.54) is 0 Å². The van der Waals surface area contributed by atoms with Crippen molar-refractivity contribution in [3.05, 3.63) is 65.5 Å². The zero-order valence-corrected chi connectivity index (χ0v) is 14.5. The molecule has 1 aliphatic rings. The monoisotopic (exact) mass is 353 g/mol. The number of pyridine rings is 1. The van der Waals surface area contributed by atoms with Gasteiger partial charge < -0.3 is 21.3 Å². The number of hydrogen-bond donors (Lipinski definition) is 3. The molecule has 1 saturated carbocycles. The first kappa shape index (κ1) is 17.9. The molecule has 0 spiro atoms. The third-order valence-corrected chi connectivity index (χ3v) is 4.52. The highest BCUT2D eigenvalue weighted by molar-refractivity contribution is 5.75. The standard InChI is InChI=1S/C20H23N3O3/c21-8-6-18(22)19-5-4-15(12-23-19)26-9-7-13-2-1-3-14(10-13)16-11-17(16)20(24)25/h1-6,10,12,16-17H,7-9,11,21-22H2,(H,24,25)/b18-6-. The number of ether oxygens (including phenoxy) is 1. The van der Waals surface area contributed by atoms with E-state index in [-0.39, 0.29) is 11.8 Å². The molecule has 2 aromatic rings. The van der Waals surface area contributed by atoms with Crippen LogP contribution < -0.4 is 16.2 Å². The van der Waals surface area contributed by atoms with Gasteiger partial charge in [-0.2, -0.15) is 0 Å². The van der Waals surface area contributed by atoms with Gasteiger partial charge in [0.1, 0.15) is 5.75 Å². The van der Waals surface area contributed by atoms with Gasteiger partial charge in [-0.15, -0.1) is 0 Å². The average molecular weight is 353 g/mol. The van der Waals surface area contributed by atoms with Gasteiger partial charge in [-0.1, -0.05) is 24.3 Å². The van der Waals surface area contributed by atoms with Gasteiger partial charge in [0.05, 0.1) is 30.1 Å². The van der Waals surface area contributed by atoms with E-state index in [9.17, 15) is 4.79 Å². The van der Waals surface area contributed by atoms with Crippen LogP contribution >= 0.6 is 0 Å². The molecular weight excluding hydrogens is 330 g/mol. The molecule has 0 amide bonds. The summed E-state index contributed by atoms with van der Waals surface area (Å²) in [6.07, 6.45) is 4.83. The van der Waals surface area contributed by atoms with Crippen molar-refractivity contribution in [2.45, 2.75) is 18.8 Å². The Morgan fingerprint density at radius 1 is 1.35 bits per heavy atom. The summed E-state index contributed by atoms with van der Waals surface area (Å²) in [5.74, 6) is -0.107. The molecule has 1 fully saturated rings. The highest BCUT2D eigenvalue weighted by atomic mass is 16.5. The number of benzene rings is 1. The first-order valence-corrected chi connectivity index (χ1v) is 8.65. The van der Waals surface area contributed by atoms with Crippen LogP contribution in [0.3, 0.4) is 0 Å². The van der Waals surface area contributed by atoms with E-state index in [0.29, 0.717) is 30.3 Å². The fourth-order valence-corrected chi connectivity index (χ4v) is 2.97. The Bertz CT molecular complexity index is 802. The first-order chi connectivity index (χ1) is 12.6. The van der Waals surface area contributed by atoms with Gasteiger partial charge in [-0.3, -0.25) is 9.78 Å². The molecule has 0 aliphatic heterocycles. The number of carboxylic acid groups (broad SMARTS) is 1. The van der Waals surface area contributed by atoms with Crippen LogP contribution in [-0.4, -0.2) is 29.2 Å². The first-order valence-electron chi connectivity index (χ1n) is 8.65. The molecule has 3 rings (SSSR count). The van der Waals surface area contributed by atoms with E-state index < -0.39 is 5.97 Å². The van der Waals surface area contributed by atoms with Crippen LogP contribution in [-0.2, 0) is 11.2 Å². The smallest absolute Gasteiger partial charge is 0.307 e. The van der Waals surface area contributed by atoms with Crippen molar-refractivity contribution in [3.63, 3.8) is 0 Å². The maximum atomic E-state index is 11.0. The zero-order valence-electron chi connectivity index (χ0n) is 14.5. The molecular formula is C20H23N3O3. The fraction of sp³-hybridized carbons (Fsp3) is 0.300. The fourth-order valence-electron chi connectivity index (χ4n) is 2.97. The van der Waals surface area contributed by atoms with Crippen LogP contribution in [0.15, 0.2) is 48.7 Å². The van der Waals surface area contributed by atoms with E-state index in [4.69, 9.17) is 21.3 Å². The number of carboxylic acids is 1. The molecule has 26 heavy (non-hydrogen) atoms. The van der Waals surface area contributed by atoms with Crippen molar-refractivity contribution >= 4 is 11.7 Å². The summed E-state index contributed by atoms with van der Waals surface area (Å²) in [6, 6.07) is 11.7. The Balaban J connectivity index is 1.52. The predicted octanol–water partition coefficient (Wildman–Crippen LogP) is 2.15. The summed E-state index contributed by atoms with van der Waals surface area (Å²) in [5.41, 5.74) is 14.7. The van der Waals surface area contributed by atoms with E-state index in [1.54, 1.807) is 18.3 Å². The topological polar surface area (TPSA) is 111 Å². The maximum absolute atomic E-state index is 11.0. The summed E-state index contributed by atoms with van der Waals surface area (Å²) >= 11 is 0. The number of nitrogens with two attached hydrogens (primary N) is 2. The minimum atomic E-state index is -0.707. The van der Waals surface area contributed by atoms with Gasteiger partial charge in [0.2, 0.25) is 0 Å². The third-order valence-electron chi connectivity index (χ3n) is 4.52. The molecule has 0 saturated heterocycles. The quantitative estimate of drug-likeness (QED) is 0.670. The number of carbonyl (C=O) groups is 1. The Labute approximate surface area is 152 Å². The van der Waals surface area contributed by atoms with Crippen molar-refractivity contribution in [2.24, 2.45) is 17.4 Å². The minimum Gasteiger partial charge on any atom is -0.492 e. The van der Waals surface area contributed by atoms with Gasteiger partial charge in [0.25, 0.3) is 0 Å². The summed E-state index contributed by atoms with van der Waals surface area (Å²) in [7, 11) is 0. The molecule has 1 aliphatic carbocycles. The van der Waals surface area contributed by atoms with E-state index in [1.807, 2.05) is 24.3 Å². The van der Waals surface area contributed by atoms with Crippen LogP contribution in [0.2, 0.25) is 0 Å². The normalized spacial score (nSPS) is 19.2. The lowest BCUT2D eigenvalue weighted by molar-refractivity contribution is -0.138. The average Bonchev–Trinajstić information content (AvgIpc) is 3.44. The lowest BCUT2D eigenvalue weighted by atomic mass is 10.0. The van der Waals surface area contributed by atoms with Crippen LogP contribution in [0.4, 0.5) is 0 Å². The Hall–Kier alpha value is -2.86. The SMILES string of the molecule is NC/C=C(\N)c1ccc(OCCc2cccc(C3CC3C(=O)O)c2)cn1. The van der Waals surface area contributed by atoms with Gasteiger partial charge in [0, 0.05) is 13.0 Å². The largest absolute Gasteiger partial charge is 0.492 e. The lowest BCUT2D eigenvalue weighted by Gasteiger charge is -2.08. The van der Waals surface area contributed by atoms with Crippen molar-refractivity contribution in [3.8, 4) is 5.75 Å². The van der Waals surface area contributed by atoms with Gasteiger partial charge >= 0.3 is 5.97 Å². The van der Waals surface area contributed by atoms with E-state index in [0.717, 1.165) is 24.0 Å². The second kappa shape index (κ2) is 8.01. The number of aliphatic carboxylic acids is 1. The zero-order chi connectivity index (χ0) is 18.5. The molecule has 2 unspecified atom stereocenters. The number of nitrogens with zero attached hydrogens (tertiary/aromatic N) is 1. The van der Waals surface area contributed by atoms with Gasteiger partial charge in [0.15, 0.2) is 0 Å². The third kappa shape index (κ3) is 4.40. The summed E-state index contributed by atoms with van der Waals surface area (Å²) < 4.78 is 5.74. The van der Waals surface area contributed by atoms with Crippen molar-refractivity contribution in [1.29, 1.82) is 0 Å². The predicted molar refractivity (Wildman–Crippen MR) is 99.6 cm³/mol. The molecule has 0 radical (unpaired) electrons. The van der Waals surface area contributed by atoms with Gasteiger partial charge in [-0.25, -0.2) is 0 Å². The van der Waals surface area contributed by atoms with Crippen molar-refractivity contribution in [2.75, 3.05) is 13.2 Å². The highest BCUT2D eigenvalue weighted by Crippen LogP contribution is 2.47. The Kier molecular flexibility index (Phi) is 5.53. The molecule has 0 bridgehead atoms. The molecule has 6 heteroatoms. The summed E-state index contributed by atoms with van der Waals surface area (Å²) in [4.78, 5) is 15.3. The lowest BCUT2D eigenvalue weighted by Crippen LogP contribution is -2.05. The molecule has 1 aromatic carbocycles. The number of aromatic nitrogens is 1. The summed E-state index contributed by atoms with van der Waals surface area (Å²) in [6.45, 7) is 0.893. The second-order valence-corrected chi connectivity index (χ2v) is 6.40. The molecule has 1 aromatic heterocycles. The Morgan fingerprint density at radius 3 is 2.85 bits per heavy atom. The minimum absolute atomic E-state index is 0.150. The summed E-state index contributed by atoms with van der Waals surface area (Å²) in [5, 5.41) is 9.06. The Morgan fingerprint density at radius 2 is 2.19 bits per heavy atom. The van der Waals surface area contributed by atoms with E-state index >= 15 is 0 Å². The molecule has 2 atom stereocenters. The van der Waals surface area contributed by atoms with Crippen LogP contribution in [0.1, 0.15) is 29.2 Å². The van der Waals surface area contributed by atoms with Crippen LogP contribution in [0, 0.1) is 5.92 Å². The van der Waals surface area contributed by atoms with Crippen molar-refractivity contribution < 1.29 is 14.6 Å². The van der Waals surface area contributed by atoms with Crippen molar-refractivity contribution in [1.82, 2.24) is 4.98 Å².